The van der Waals surface area contributed by atoms with E-state index in [2.05, 4.69) is 12.7 Å². The van der Waals surface area contributed by atoms with Crippen molar-refractivity contribution in [1.29, 1.82) is 0 Å². The molecule has 4 aromatic carbocycles. The van der Waals surface area contributed by atoms with Crippen LogP contribution in [0.5, 0.6) is 34.5 Å². The smallest absolute Gasteiger partial charge is 0.416 e. The molecule has 0 radical (unpaired) electrons. The highest BCUT2D eigenvalue weighted by Gasteiger charge is 2.66. The quantitative estimate of drug-likeness (QED) is 0.0264. The van der Waals surface area contributed by atoms with Crippen LogP contribution in [0.1, 0.15) is 81.3 Å². The Morgan fingerprint density at radius 1 is 0.930 bits per heavy atom. The van der Waals surface area contributed by atoms with Crippen LogP contribution in [0.3, 0.4) is 0 Å². The van der Waals surface area contributed by atoms with Crippen molar-refractivity contribution in [3.63, 3.8) is 0 Å². The number of benzene rings is 4. The van der Waals surface area contributed by atoms with Crippen molar-refractivity contribution in [2.24, 2.45) is 22.9 Å². The molecule has 1 saturated heterocycles. The van der Waals surface area contributed by atoms with Gasteiger partial charge in [0.15, 0.2) is 11.5 Å². The number of rotatable bonds is 21. The molecule has 0 bridgehead atoms. The van der Waals surface area contributed by atoms with Crippen molar-refractivity contribution < 1.29 is 57.9 Å². The Morgan fingerprint density at radius 3 is 2.41 bits per heavy atom. The van der Waals surface area contributed by atoms with Gasteiger partial charge in [0.25, 0.3) is 5.69 Å². The number of aliphatic hydroxyl groups is 2. The van der Waals surface area contributed by atoms with E-state index in [1.807, 2.05) is 60.9 Å². The highest BCUT2D eigenvalue weighted by molar-refractivity contribution is 7.98. The Hall–Kier alpha value is -6.11. The van der Waals surface area contributed by atoms with Crippen molar-refractivity contribution in [1.82, 2.24) is 4.90 Å². The Labute approximate surface area is 417 Å². The molecule has 71 heavy (non-hydrogen) atoms. The zero-order chi connectivity index (χ0) is 49.3. The molecule has 1 saturated carbocycles. The summed E-state index contributed by atoms with van der Waals surface area (Å²) in [7, 11) is 0. The number of ether oxygens (including phenoxy) is 7. The number of nitro groups is 1. The largest absolute Gasteiger partial charge is 0.459 e. The second kappa shape index (κ2) is 23.0. The third-order valence-corrected chi connectivity index (χ3v) is 14.8. The lowest BCUT2D eigenvalue weighted by Gasteiger charge is -2.59. The fraction of sp³-hybridized carbons (Fsp3) is 0.444. The first kappa shape index (κ1) is 49.9. The minimum Gasteiger partial charge on any atom is -0.459 e. The van der Waals surface area contributed by atoms with Gasteiger partial charge in [0.05, 0.1) is 29.8 Å². The Kier molecular flexibility index (Phi) is 16.1. The van der Waals surface area contributed by atoms with Crippen LogP contribution in [0, 0.1) is 27.9 Å². The monoisotopic (exact) mass is 991 g/mol. The molecule has 17 heteroatoms. The predicted octanol–water partition coefficient (Wildman–Crippen LogP) is 10.7. The fourth-order valence-electron chi connectivity index (χ4n) is 10.7. The van der Waals surface area contributed by atoms with Crippen LogP contribution in [0.25, 0.3) is 0 Å². The maximum Gasteiger partial charge on any atom is 0.416 e. The van der Waals surface area contributed by atoms with Crippen molar-refractivity contribution in [2.45, 2.75) is 99.7 Å². The van der Waals surface area contributed by atoms with Gasteiger partial charge in [0.2, 0.25) is 18.9 Å². The van der Waals surface area contributed by atoms with Gasteiger partial charge >= 0.3 is 6.09 Å². The lowest BCUT2D eigenvalue weighted by atomic mass is 9.55. The van der Waals surface area contributed by atoms with Crippen LogP contribution in [-0.2, 0) is 20.9 Å². The van der Waals surface area contributed by atoms with E-state index < -0.39 is 35.1 Å². The van der Waals surface area contributed by atoms with E-state index in [-0.39, 0.29) is 68.8 Å². The summed E-state index contributed by atoms with van der Waals surface area (Å²) in [5, 5.41) is 36.7. The van der Waals surface area contributed by atoms with E-state index in [9.17, 15) is 20.3 Å². The standard InChI is InChI=1S/C54H61N3O13S/c1-3-27-66-54-49(56(33-35-13-23-47-48(29-35)65-34-64-47)53(60)68-39-16-14-37(15-17-39)57(61)62)32-45(55-70-50-12-6-9-28-63-50)43-30-36(10-4-7-25-58)42(11-5-8-26-59)51(52(43)54)44-31-40(20-24-46(44)69-54)67-38-18-21-41(71-2)22-19-38/h3,13-24,29-31,36,42,49-52,58-59H,1,4-12,25-28,32-34H2,2H3/t36-,42+,49-,50?,51+,52+,54+/m0/s1. The molecule has 4 aromatic rings. The molecule has 3 heterocycles. The summed E-state index contributed by atoms with van der Waals surface area (Å²) in [6.45, 7) is 4.79. The molecule has 16 nitrogen and oxygen atoms in total. The number of carbonyl (C=O) groups is 1. The Morgan fingerprint density at radius 2 is 1.68 bits per heavy atom. The molecule has 2 fully saturated rings. The second-order valence-electron chi connectivity index (χ2n) is 18.4. The number of non-ortho nitro benzene ring substituents is 1. The minimum absolute atomic E-state index is 0.00673. The SMILES string of the molecule is C=CCO[C@@]12Oc3ccc(Oc4ccc(SC)cc4)cc3[C@H]3[C@H](CCCCO)[C@@H](CCCCO)C=C(C(=NOC4CCCCO4)C[C@@H]1N(Cc1ccc4c(c1)OCO4)C(=O)Oc1ccc([N+](=O)[O-])cc1)[C@H]32. The summed E-state index contributed by atoms with van der Waals surface area (Å²) < 4.78 is 44.9. The van der Waals surface area contributed by atoms with Crippen molar-refractivity contribution >= 4 is 29.3 Å². The number of hydrogen-bond acceptors (Lipinski definition) is 15. The van der Waals surface area contributed by atoms with Gasteiger partial charge in [0.1, 0.15) is 29.0 Å². The van der Waals surface area contributed by atoms with Crippen molar-refractivity contribution in [2.75, 3.05) is 39.5 Å². The molecular weight excluding hydrogens is 931 g/mol. The molecule has 9 rings (SSSR count). The topological polar surface area (TPSA) is 190 Å². The molecule has 3 aliphatic heterocycles. The van der Waals surface area contributed by atoms with E-state index in [1.165, 1.54) is 24.3 Å². The molecule has 7 atom stereocenters. The zero-order valence-electron chi connectivity index (χ0n) is 39.9. The molecule has 5 aliphatic rings. The maximum absolute atomic E-state index is 15.3. The predicted molar refractivity (Wildman–Crippen MR) is 265 cm³/mol. The molecule has 0 spiro atoms. The first-order chi connectivity index (χ1) is 34.7. The number of hydrogen-bond donors (Lipinski definition) is 2. The van der Waals surface area contributed by atoms with Gasteiger partial charge in [-0.1, -0.05) is 36.2 Å². The average molecular weight is 992 g/mol. The molecule has 1 amide bonds. The summed E-state index contributed by atoms with van der Waals surface area (Å²) in [5.41, 5.74) is 2.87. The number of oxime groups is 1. The average Bonchev–Trinajstić information content (AvgIpc) is 3.87. The number of nitrogens with zero attached hydrogens (tertiary/aromatic N) is 3. The molecule has 1 unspecified atom stereocenters. The van der Waals surface area contributed by atoms with E-state index in [1.54, 1.807) is 28.8 Å². The summed E-state index contributed by atoms with van der Waals surface area (Å²) in [6.07, 6.45) is 11.5. The van der Waals surface area contributed by atoms with Crippen LogP contribution in [0.2, 0.25) is 0 Å². The zero-order valence-corrected chi connectivity index (χ0v) is 40.7. The van der Waals surface area contributed by atoms with E-state index >= 15 is 4.79 Å². The third-order valence-electron chi connectivity index (χ3n) is 14.0. The van der Waals surface area contributed by atoms with Gasteiger partial charge in [-0.15, -0.1) is 18.3 Å². The lowest BCUT2D eigenvalue weighted by Crippen LogP contribution is -2.70. The molecule has 376 valence electrons. The summed E-state index contributed by atoms with van der Waals surface area (Å²) in [4.78, 5) is 35.4. The third kappa shape index (κ3) is 11.0. The van der Waals surface area contributed by atoms with Gasteiger partial charge in [-0.05, 0) is 134 Å². The van der Waals surface area contributed by atoms with Crippen LogP contribution in [-0.4, -0.2) is 89.4 Å². The number of allylic oxidation sites excluding steroid dienone is 1. The molecule has 2 N–H and O–H groups in total. The van der Waals surface area contributed by atoms with Crippen LogP contribution in [0.15, 0.2) is 119 Å². The Bertz CT molecular complexity index is 2570. The Balaban J connectivity index is 1.24. The first-order valence-electron chi connectivity index (χ1n) is 24.5. The van der Waals surface area contributed by atoms with Crippen LogP contribution >= 0.6 is 11.8 Å². The number of fused-ring (bicyclic) bond motifs is 3. The number of carbonyl (C=O) groups excluding carboxylic acids is 1. The fourth-order valence-corrected chi connectivity index (χ4v) is 11.1. The number of unbranched alkanes of at least 4 members (excludes halogenated alkanes) is 2. The number of aliphatic hydroxyl groups excluding tert-OH is 2. The first-order valence-corrected chi connectivity index (χ1v) is 25.7. The summed E-state index contributed by atoms with van der Waals surface area (Å²) >= 11 is 1.65. The highest BCUT2D eigenvalue weighted by atomic mass is 32.2. The second-order valence-corrected chi connectivity index (χ2v) is 19.3. The van der Waals surface area contributed by atoms with E-state index in [4.69, 9.17) is 43.2 Å². The van der Waals surface area contributed by atoms with Crippen molar-refractivity contribution in [3.05, 3.63) is 130 Å². The van der Waals surface area contributed by atoms with Crippen LogP contribution in [0.4, 0.5) is 10.5 Å². The van der Waals surface area contributed by atoms with Gasteiger partial charge in [-0.2, -0.15) is 0 Å². The van der Waals surface area contributed by atoms with Crippen molar-refractivity contribution in [3.8, 4) is 34.5 Å². The van der Waals surface area contributed by atoms with E-state index in [0.29, 0.717) is 65.9 Å². The van der Waals surface area contributed by atoms with Gasteiger partial charge in [0, 0.05) is 61.1 Å². The summed E-state index contributed by atoms with van der Waals surface area (Å²) in [6, 6.07) is 23.6. The van der Waals surface area contributed by atoms with Gasteiger partial charge in [-0.3, -0.25) is 15.0 Å². The maximum atomic E-state index is 15.3. The highest BCUT2D eigenvalue weighted by Crippen LogP contribution is 2.62. The molecule has 0 aromatic heterocycles. The van der Waals surface area contributed by atoms with Gasteiger partial charge < -0.3 is 48.2 Å². The number of thioether (sulfide) groups is 1. The molecule has 2 aliphatic carbocycles. The normalized spacial score (nSPS) is 24.4. The molecular formula is C54H61N3O13S. The van der Waals surface area contributed by atoms with E-state index in [0.717, 1.165) is 54.6 Å². The van der Waals surface area contributed by atoms with Gasteiger partial charge in [-0.25, -0.2) is 4.79 Å². The summed E-state index contributed by atoms with van der Waals surface area (Å²) in [5.74, 6) is 0.389. The minimum atomic E-state index is -1.62. The lowest BCUT2D eigenvalue weighted by molar-refractivity contribution is -0.384. The number of amides is 1. The van der Waals surface area contributed by atoms with Crippen LogP contribution < -0.4 is 23.7 Å². The number of nitro benzene ring substituents is 1.